The van der Waals surface area contributed by atoms with Gasteiger partial charge in [0.15, 0.2) is 0 Å². The quantitative estimate of drug-likeness (QED) is 0.791. The van der Waals surface area contributed by atoms with Crippen molar-refractivity contribution in [3.8, 4) is 11.5 Å². The number of para-hydroxylation sites is 2. The smallest absolute Gasteiger partial charge is 0.232 e. The fourth-order valence-electron chi connectivity index (χ4n) is 3.06. The predicted molar refractivity (Wildman–Crippen MR) is 92.0 cm³/mol. The fraction of sp³-hybridized carbons (Fsp3) is 0.350. The average molecular weight is 309 g/mol. The SMILES string of the molecule is CCCCCCNC(=O)C1c2ccccc2Oc2ccccc21. The maximum atomic E-state index is 12.8. The van der Waals surface area contributed by atoms with Crippen LogP contribution in [-0.2, 0) is 4.79 Å². The lowest BCUT2D eigenvalue weighted by molar-refractivity contribution is -0.121. The van der Waals surface area contributed by atoms with E-state index >= 15 is 0 Å². The van der Waals surface area contributed by atoms with Gasteiger partial charge in [0.1, 0.15) is 11.5 Å². The molecule has 1 heterocycles. The molecule has 0 unspecified atom stereocenters. The highest BCUT2D eigenvalue weighted by atomic mass is 16.5. The molecule has 120 valence electrons. The van der Waals surface area contributed by atoms with E-state index in [4.69, 9.17) is 4.74 Å². The molecule has 3 rings (SSSR count). The van der Waals surface area contributed by atoms with Crippen LogP contribution in [0, 0.1) is 0 Å². The van der Waals surface area contributed by atoms with E-state index in [9.17, 15) is 4.79 Å². The van der Waals surface area contributed by atoms with Gasteiger partial charge in [-0.3, -0.25) is 4.79 Å². The number of benzene rings is 2. The van der Waals surface area contributed by atoms with Crippen LogP contribution in [0.4, 0.5) is 0 Å². The Kier molecular flexibility index (Phi) is 4.96. The molecule has 1 aliphatic rings. The van der Waals surface area contributed by atoms with Crippen LogP contribution in [0.25, 0.3) is 0 Å². The summed E-state index contributed by atoms with van der Waals surface area (Å²) in [5.41, 5.74) is 1.88. The first-order valence-electron chi connectivity index (χ1n) is 8.44. The molecule has 0 aliphatic carbocycles. The van der Waals surface area contributed by atoms with Crippen molar-refractivity contribution in [2.24, 2.45) is 0 Å². The van der Waals surface area contributed by atoms with Crippen molar-refractivity contribution in [3.05, 3.63) is 59.7 Å². The molecule has 0 fully saturated rings. The average Bonchev–Trinajstić information content (AvgIpc) is 2.59. The Morgan fingerprint density at radius 3 is 2.17 bits per heavy atom. The zero-order valence-corrected chi connectivity index (χ0v) is 13.5. The first-order valence-corrected chi connectivity index (χ1v) is 8.44. The Morgan fingerprint density at radius 2 is 1.57 bits per heavy atom. The molecule has 0 bridgehead atoms. The number of carbonyl (C=O) groups is 1. The van der Waals surface area contributed by atoms with Crippen molar-refractivity contribution in [1.82, 2.24) is 5.32 Å². The van der Waals surface area contributed by atoms with Crippen LogP contribution in [0.1, 0.15) is 49.7 Å². The summed E-state index contributed by atoms with van der Waals surface area (Å²) in [6, 6.07) is 15.6. The molecule has 3 heteroatoms. The van der Waals surface area contributed by atoms with E-state index in [1.165, 1.54) is 12.8 Å². The van der Waals surface area contributed by atoms with Gasteiger partial charge in [0, 0.05) is 17.7 Å². The number of fused-ring (bicyclic) bond motifs is 2. The topological polar surface area (TPSA) is 38.3 Å². The van der Waals surface area contributed by atoms with E-state index in [0.29, 0.717) is 0 Å². The van der Waals surface area contributed by atoms with Crippen molar-refractivity contribution in [3.63, 3.8) is 0 Å². The van der Waals surface area contributed by atoms with Crippen LogP contribution in [-0.4, -0.2) is 12.5 Å². The lowest BCUT2D eigenvalue weighted by Gasteiger charge is -2.27. The van der Waals surface area contributed by atoms with E-state index in [0.717, 1.165) is 42.0 Å². The third-order valence-corrected chi connectivity index (χ3v) is 4.27. The Morgan fingerprint density at radius 1 is 0.957 bits per heavy atom. The second-order valence-corrected chi connectivity index (χ2v) is 5.96. The normalized spacial score (nSPS) is 12.9. The molecule has 0 saturated carbocycles. The Hall–Kier alpha value is -2.29. The van der Waals surface area contributed by atoms with Crippen molar-refractivity contribution in [2.45, 2.75) is 38.5 Å². The molecule has 23 heavy (non-hydrogen) atoms. The van der Waals surface area contributed by atoms with Crippen LogP contribution < -0.4 is 10.1 Å². The van der Waals surface area contributed by atoms with Gasteiger partial charge in [-0.05, 0) is 18.6 Å². The van der Waals surface area contributed by atoms with Gasteiger partial charge in [-0.1, -0.05) is 62.6 Å². The summed E-state index contributed by atoms with van der Waals surface area (Å²) in [4.78, 5) is 12.8. The summed E-state index contributed by atoms with van der Waals surface area (Å²) in [6.07, 6.45) is 4.62. The van der Waals surface area contributed by atoms with Gasteiger partial charge < -0.3 is 10.1 Å². The van der Waals surface area contributed by atoms with E-state index in [1.54, 1.807) is 0 Å². The first kappa shape index (κ1) is 15.6. The molecule has 0 saturated heterocycles. The molecule has 0 spiro atoms. The number of rotatable bonds is 6. The minimum atomic E-state index is -0.290. The zero-order chi connectivity index (χ0) is 16.1. The lowest BCUT2D eigenvalue weighted by atomic mass is 9.87. The number of nitrogens with one attached hydrogen (secondary N) is 1. The van der Waals surface area contributed by atoms with Crippen molar-refractivity contribution >= 4 is 5.91 Å². The second kappa shape index (κ2) is 7.32. The molecule has 1 aliphatic heterocycles. The molecule has 3 nitrogen and oxygen atoms in total. The summed E-state index contributed by atoms with van der Waals surface area (Å²) in [6.45, 7) is 2.93. The number of hydrogen-bond donors (Lipinski definition) is 1. The minimum Gasteiger partial charge on any atom is -0.457 e. The third kappa shape index (κ3) is 3.39. The Bertz CT molecular complexity index is 635. The van der Waals surface area contributed by atoms with Gasteiger partial charge in [0.25, 0.3) is 0 Å². The highest BCUT2D eigenvalue weighted by Gasteiger charge is 2.31. The van der Waals surface area contributed by atoms with Gasteiger partial charge in [-0.2, -0.15) is 0 Å². The van der Waals surface area contributed by atoms with Gasteiger partial charge in [0.05, 0.1) is 5.92 Å². The van der Waals surface area contributed by atoms with Gasteiger partial charge >= 0.3 is 0 Å². The zero-order valence-electron chi connectivity index (χ0n) is 13.5. The van der Waals surface area contributed by atoms with E-state index in [1.807, 2.05) is 48.5 Å². The maximum Gasteiger partial charge on any atom is 0.232 e. The highest BCUT2D eigenvalue weighted by Crippen LogP contribution is 2.43. The van der Waals surface area contributed by atoms with Crippen molar-refractivity contribution in [2.75, 3.05) is 6.54 Å². The number of unbranched alkanes of at least 4 members (excludes halogenated alkanes) is 3. The van der Waals surface area contributed by atoms with Gasteiger partial charge in [-0.15, -0.1) is 0 Å². The number of amides is 1. The summed E-state index contributed by atoms with van der Waals surface area (Å²) >= 11 is 0. The first-order chi connectivity index (χ1) is 11.3. The van der Waals surface area contributed by atoms with Crippen molar-refractivity contribution < 1.29 is 9.53 Å². The standard InChI is InChI=1S/C20H23NO2/c1-2-3-4-9-14-21-20(22)19-15-10-5-7-12-17(15)23-18-13-8-6-11-16(18)19/h5-8,10-13,19H,2-4,9,14H2,1H3,(H,21,22). The van der Waals surface area contributed by atoms with Crippen LogP contribution in [0.5, 0.6) is 11.5 Å². The monoisotopic (exact) mass is 309 g/mol. The minimum absolute atomic E-state index is 0.0599. The van der Waals surface area contributed by atoms with Crippen LogP contribution in [0.3, 0.4) is 0 Å². The van der Waals surface area contributed by atoms with Gasteiger partial charge in [-0.25, -0.2) is 0 Å². The maximum absolute atomic E-state index is 12.8. The molecule has 1 amide bonds. The van der Waals surface area contributed by atoms with Crippen LogP contribution >= 0.6 is 0 Å². The van der Waals surface area contributed by atoms with Crippen LogP contribution in [0.15, 0.2) is 48.5 Å². The number of ether oxygens (including phenoxy) is 1. The van der Waals surface area contributed by atoms with E-state index < -0.39 is 0 Å². The highest BCUT2D eigenvalue weighted by molar-refractivity contribution is 5.89. The Balaban J connectivity index is 1.79. The summed E-state index contributed by atoms with van der Waals surface area (Å²) in [5, 5.41) is 3.10. The molecule has 0 aromatic heterocycles. The lowest BCUT2D eigenvalue weighted by Crippen LogP contribution is -2.32. The second-order valence-electron chi connectivity index (χ2n) is 5.96. The summed E-state index contributed by atoms with van der Waals surface area (Å²) in [7, 11) is 0. The molecule has 0 radical (unpaired) electrons. The van der Waals surface area contributed by atoms with Crippen LogP contribution in [0.2, 0.25) is 0 Å². The third-order valence-electron chi connectivity index (χ3n) is 4.27. The molecular weight excluding hydrogens is 286 g/mol. The Labute approximate surface area is 137 Å². The summed E-state index contributed by atoms with van der Waals surface area (Å²) in [5.74, 6) is 1.32. The largest absolute Gasteiger partial charge is 0.457 e. The fourth-order valence-corrected chi connectivity index (χ4v) is 3.06. The molecule has 2 aromatic carbocycles. The number of carbonyl (C=O) groups excluding carboxylic acids is 1. The van der Waals surface area contributed by atoms with E-state index in [-0.39, 0.29) is 11.8 Å². The number of hydrogen-bond acceptors (Lipinski definition) is 2. The summed E-state index contributed by atoms with van der Waals surface area (Å²) < 4.78 is 5.94. The van der Waals surface area contributed by atoms with Gasteiger partial charge in [0.2, 0.25) is 5.91 Å². The molecular formula is C20H23NO2. The molecule has 1 N–H and O–H groups in total. The van der Waals surface area contributed by atoms with E-state index in [2.05, 4.69) is 12.2 Å². The predicted octanol–water partition coefficient (Wildman–Crippen LogP) is 4.62. The molecule has 2 aromatic rings. The van der Waals surface area contributed by atoms with Crippen molar-refractivity contribution in [1.29, 1.82) is 0 Å². The molecule has 0 atom stereocenters.